The Balaban J connectivity index is 1.75. The van der Waals surface area contributed by atoms with Gasteiger partial charge in [0, 0.05) is 18.7 Å². The number of hydrogen-bond acceptors (Lipinski definition) is 7. The molecule has 0 aliphatic carbocycles. The molecule has 162 valence electrons. The highest BCUT2D eigenvalue weighted by atomic mass is 35.5. The first-order chi connectivity index (χ1) is 14.1. The molecule has 0 saturated carbocycles. The molecule has 30 heavy (non-hydrogen) atoms. The van der Waals surface area contributed by atoms with Crippen molar-refractivity contribution in [2.24, 2.45) is 0 Å². The van der Waals surface area contributed by atoms with Crippen LogP contribution in [0.25, 0.3) is 0 Å². The second kappa shape index (κ2) is 9.14. The number of carbonyl (C=O) groups excluding carboxylic acids is 1. The van der Waals surface area contributed by atoms with E-state index in [0.29, 0.717) is 0 Å². The summed E-state index contributed by atoms with van der Waals surface area (Å²) in [5.74, 6) is -0.865. The van der Waals surface area contributed by atoms with Crippen molar-refractivity contribution in [1.29, 1.82) is 0 Å². The van der Waals surface area contributed by atoms with E-state index in [1.807, 2.05) is 10.3 Å². The lowest BCUT2D eigenvalue weighted by molar-refractivity contribution is 0.0730. The Hall–Kier alpha value is -1.80. The van der Waals surface area contributed by atoms with Crippen LogP contribution in [-0.2, 0) is 24.8 Å². The van der Waals surface area contributed by atoms with Crippen LogP contribution in [-0.4, -0.2) is 58.3 Å². The van der Waals surface area contributed by atoms with Crippen LogP contribution in [0.1, 0.15) is 10.4 Å². The molecule has 0 bridgehead atoms. The van der Waals surface area contributed by atoms with E-state index in [4.69, 9.17) is 27.9 Å². The van der Waals surface area contributed by atoms with Gasteiger partial charge in [-0.05, 0) is 30.3 Å². The number of hydrogen-bond donors (Lipinski definition) is 2. The molecule has 1 aliphatic heterocycles. The van der Waals surface area contributed by atoms with E-state index >= 15 is 0 Å². The summed E-state index contributed by atoms with van der Waals surface area (Å²) in [4.78, 5) is 17.4. The fourth-order valence-electron chi connectivity index (χ4n) is 2.57. The molecule has 1 aromatic carbocycles. The van der Waals surface area contributed by atoms with Gasteiger partial charge in [0.1, 0.15) is 10.0 Å². The second-order valence-corrected chi connectivity index (χ2v) is 10.4. The molecule has 10 nitrogen and oxygen atoms in total. The third-order valence-corrected chi connectivity index (χ3v) is 7.86. The topological polar surface area (TPSA) is 135 Å². The molecule has 0 spiro atoms. The number of nitrogens with one attached hydrogen (secondary N) is 2. The van der Waals surface area contributed by atoms with Crippen molar-refractivity contribution >= 4 is 49.2 Å². The number of pyridine rings is 1. The van der Waals surface area contributed by atoms with Gasteiger partial charge in [-0.1, -0.05) is 29.3 Å². The maximum Gasteiger partial charge on any atom is 0.266 e. The maximum atomic E-state index is 12.7. The molecular weight excluding hydrogens is 479 g/mol. The van der Waals surface area contributed by atoms with Crippen molar-refractivity contribution < 1.29 is 26.4 Å². The average molecular weight is 495 g/mol. The number of benzene rings is 1. The minimum Gasteiger partial charge on any atom is -0.379 e. The Morgan fingerprint density at radius 3 is 2.43 bits per heavy atom. The predicted molar refractivity (Wildman–Crippen MR) is 108 cm³/mol. The minimum absolute atomic E-state index is 0.00118. The van der Waals surface area contributed by atoms with Crippen molar-refractivity contribution in [3.63, 3.8) is 0 Å². The predicted octanol–water partition coefficient (Wildman–Crippen LogP) is 1.03. The van der Waals surface area contributed by atoms with E-state index in [0.717, 1.165) is 12.1 Å². The van der Waals surface area contributed by atoms with Crippen molar-refractivity contribution in [1.82, 2.24) is 19.5 Å². The van der Waals surface area contributed by atoms with Gasteiger partial charge in [0.15, 0.2) is 5.15 Å². The molecule has 0 atom stereocenters. The standard InChI is InChI=1S/C16H16Cl2N4O6S2/c17-14-5-4-13(15(18)19-14)29(24,25)21-20-16(23)11-2-1-3-12(10-11)30(26,27)22-6-8-28-9-7-22/h1-5,10,21H,6-9H2,(H,20,23). The fraction of sp³-hybridized carbons (Fsp3) is 0.250. The Morgan fingerprint density at radius 1 is 1.07 bits per heavy atom. The van der Waals surface area contributed by atoms with Gasteiger partial charge in [-0.15, -0.1) is 4.83 Å². The van der Waals surface area contributed by atoms with Crippen molar-refractivity contribution in [3.05, 3.63) is 52.3 Å². The second-order valence-electron chi connectivity index (χ2n) is 6.03. The summed E-state index contributed by atoms with van der Waals surface area (Å²) in [6.45, 7) is 0.968. The molecule has 2 heterocycles. The van der Waals surface area contributed by atoms with Crippen LogP contribution in [0, 0.1) is 0 Å². The van der Waals surface area contributed by atoms with Gasteiger partial charge < -0.3 is 4.74 Å². The smallest absolute Gasteiger partial charge is 0.266 e. The van der Waals surface area contributed by atoms with Crippen LogP contribution in [0.4, 0.5) is 0 Å². The van der Waals surface area contributed by atoms with E-state index < -0.39 is 30.8 Å². The number of nitrogens with zero attached hydrogens (tertiary/aromatic N) is 2. The number of hydrazine groups is 1. The summed E-state index contributed by atoms with van der Waals surface area (Å²) in [5, 5.41) is -0.371. The van der Waals surface area contributed by atoms with E-state index in [-0.39, 0.29) is 47.1 Å². The highest BCUT2D eigenvalue weighted by molar-refractivity contribution is 7.89. The molecule has 3 rings (SSSR count). The number of ether oxygens (including phenoxy) is 1. The summed E-state index contributed by atoms with van der Waals surface area (Å²) < 4.78 is 56.5. The SMILES string of the molecule is O=C(NNS(=O)(=O)c1ccc(Cl)nc1Cl)c1cccc(S(=O)(=O)N2CCOCC2)c1. The highest BCUT2D eigenvalue weighted by Crippen LogP contribution is 2.21. The maximum absolute atomic E-state index is 12.7. The largest absolute Gasteiger partial charge is 0.379 e. The first-order valence-corrected chi connectivity index (χ1v) is 12.1. The molecule has 2 N–H and O–H groups in total. The average Bonchev–Trinajstić information content (AvgIpc) is 2.72. The summed E-state index contributed by atoms with van der Waals surface area (Å²) in [6.07, 6.45) is 0. The fourth-order valence-corrected chi connectivity index (χ4v) is 5.53. The highest BCUT2D eigenvalue weighted by Gasteiger charge is 2.27. The quantitative estimate of drug-likeness (QED) is 0.452. The molecule has 14 heteroatoms. The van der Waals surface area contributed by atoms with E-state index in [2.05, 4.69) is 4.98 Å². The van der Waals surface area contributed by atoms with Gasteiger partial charge in [0.25, 0.3) is 15.9 Å². The van der Waals surface area contributed by atoms with Gasteiger partial charge in [-0.3, -0.25) is 10.2 Å². The molecule has 1 aliphatic rings. The number of sulfonamides is 2. The van der Waals surface area contributed by atoms with Crippen LogP contribution in [0.3, 0.4) is 0 Å². The van der Waals surface area contributed by atoms with Crippen molar-refractivity contribution in [3.8, 4) is 0 Å². The summed E-state index contributed by atoms with van der Waals surface area (Å²) in [7, 11) is -8.06. The third kappa shape index (κ3) is 5.09. The number of aromatic nitrogens is 1. The van der Waals surface area contributed by atoms with Crippen LogP contribution >= 0.6 is 23.2 Å². The van der Waals surface area contributed by atoms with Crippen molar-refractivity contribution in [2.45, 2.75) is 9.79 Å². The van der Waals surface area contributed by atoms with Gasteiger partial charge >= 0.3 is 0 Å². The van der Waals surface area contributed by atoms with Gasteiger partial charge in [0.05, 0.1) is 18.1 Å². The molecule has 1 saturated heterocycles. The lowest BCUT2D eigenvalue weighted by atomic mass is 10.2. The monoisotopic (exact) mass is 494 g/mol. The van der Waals surface area contributed by atoms with Crippen LogP contribution < -0.4 is 10.3 Å². The number of morpholine rings is 1. The molecule has 0 radical (unpaired) electrons. The Bertz CT molecular complexity index is 1170. The molecule has 0 unspecified atom stereocenters. The summed E-state index contributed by atoms with van der Waals surface area (Å²) in [5.41, 5.74) is 1.95. The minimum atomic E-state index is -4.24. The zero-order chi connectivity index (χ0) is 21.9. The summed E-state index contributed by atoms with van der Waals surface area (Å²) in [6, 6.07) is 7.59. The van der Waals surface area contributed by atoms with E-state index in [1.54, 1.807) is 0 Å². The lowest BCUT2D eigenvalue weighted by Gasteiger charge is -2.26. The van der Waals surface area contributed by atoms with Gasteiger partial charge in [0.2, 0.25) is 10.0 Å². The Morgan fingerprint density at radius 2 is 1.77 bits per heavy atom. The van der Waals surface area contributed by atoms with Crippen LogP contribution in [0.2, 0.25) is 10.3 Å². The van der Waals surface area contributed by atoms with Crippen LogP contribution in [0.5, 0.6) is 0 Å². The van der Waals surface area contributed by atoms with Gasteiger partial charge in [-0.25, -0.2) is 21.8 Å². The number of carbonyl (C=O) groups is 1. The van der Waals surface area contributed by atoms with Crippen LogP contribution in [0.15, 0.2) is 46.2 Å². The van der Waals surface area contributed by atoms with Gasteiger partial charge in [-0.2, -0.15) is 4.31 Å². The first kappa shape index (κ1) is 22.9. The normalized spacial score (nSPS) is 15.7. The molecule has 2 aromatic rings. The zero-order valence-electron chi connectivity index (χ0n) is 15.2. The van der Waals surface area contributed by atoms with E-state index in [1.165, 1.54) is 28.6 Å². The molecule has 1 amide bonds. The number of rotatable bonds is 6. The Labute approximate surface area is 183 Å². The Kier molecular flexibility index (Phi) is 6.97. The van der Waals surface area contributed by atoms with E-state index in [9.17, 15) is 21.6 Å². The zero-order valence-corrected chi connectivity index (χ0v) is 18.4. The molecule has 1 aromatic heterocycles. The first-order valence-electron chi connectivity index (χ1n) is 8.43. The number of halogens is 2. The molecule has 1 fully saturated rings. The summed E-state index contributed by atoms with van der Waals surface area (Å²) >= 11 is 11.4. The lowest BCUT2D eigenvalue weighted by Crippen LogP contribution is -2.42. The van der Waals surface area contributed by atoms with Crippen molar-refractivity contribution in [2.75, 3.05) is 26.3 Å². The third-order valence-electron chi connectivity index (χ3n) is 4.07. The number of amides is 1. The molecular formula is C16H16Cl2N4O6S2.